The lowest BCUT2D eigenvalue weighted by atomic mass is 10.00. The number of carbonyl (C=O) groups excluding carboxylic acids is 1. The number of carbonyl (C=O) groups is 1. The molecule has 0 bridgehead atoms. The molecule has 0 radical (unpaired) electrons. The Labute approximate surface area is 231 Å². The van der Waals surface area contributed by atoms with Gasteiger partial charge >= 0.3 is 0 Å². The number of likely N-dealkylation sites (tertiary alicyclic amines) is 1. The molecule has 6 rings (SSSR count). The van der Waals surface area contributed by atoms with Gasteiger partial charge in [-0.3, -0.25) is 9.48 Å². The summed E-state index contributed by atoms with van der Waals surface area (Å²) in [6.07, 6.45) is 9.61. The Balaban J connectivity index is 1.37. The molecular weight excluding hydrogens is 504 g/mol. The molecule has 0 saturated carbocycles. The third-order valence-electron chi connectivity index (χ3n) is 7.26. The highest BCUT2D eigenvalue weighted by Gasteiger charge is 2.28. The van der Waals surface area contributed by atoms with Gasteiger partial charge < -0.3 is 19.9 Å². The van der Waals surface area contributed by atoms with E-state index in [0.717, 1.165) is 45.5 Å². The fourth-order valence-corrected chi connectivity index (χ4v) is 5.35. The second-order valence-corrected chi connectivity index (χ2v) is 9.92. The van der Waals surface area contributed by atoms with Gasteiger partial charge in [-0.05, 0) is 50.1 Å². The van der Waals surface area contributed by atoms with Crippen LogP contribution in [-0.2, 0) is 11.8 Å². The Morgan fingerprint density at radius 1 is 1.12 bits per heavy atom. The maximum atomic E-state index is 12.3. The third kappa shape index (κ3) is 4.57. The lowest BCUT2D eigenvalue weighted by Gasteiger charge is -2.14. The van der Waals surface area contributed by atoms with Crippen LogP contribution in [0.5, 0.6) is 11.6 Å². The van der Waals surface area contributed by atoms with Crippen molar-refractivity contribution in [1.82, 2.24) is 34.2 Å². The van der Waals surface area contributed by atoms with Crippen LogP contribution in [0.2, 0.25) is 0 Å². The molecule has 5 heterocycles. The predicted octanol–water partition coefficient (Wildman–Crippen LogP) is 4.93. The third-order valence-corrected chi connectivity index (χ3v) is 7.26. The number of nitrogen functional groups attached to an aromatic ring is 1. The first-order valence-corrected chi connectivity index (χ1v) is 13.2. The number of nitrogens with zero attached hydrogens (tertiary/aromatic N) is 7. The molecule has 1 aliphatic heterocycles. The lowest BCUT2D eigenvalue weighted by Crippen LogP contribution is -2.27. The molecule has 1 saturated heterocycles. The van der Waals surface area contributed by atoms with Gasteiger partial charge in [-0.15, -0.1) is 0 Å². The van der Waals surface area contributed by atoms with Crippen LogP contribution in [-0.4, -0.2) is 53.2 Å². The molecule has 1 aliphatic rings. The minimum Gasteiger partial charge on any atom is -0.439 e. The van der Waals surface area contributed by atoms with Crippen LogP contribution in [0, 0.1) is 6.92 Å². The van der Waals surface area contributed by atoms with E-state index >= 15 is 0 Å². The molecule has 2 N–H and O–H groups in total. The van der Waals surface area contributed by atoms with Crippen molar-refractivity contribution in [2.75, 3.05) is 18.8 Å². The zero-order valence-electron chi connectivity index (χ0n) is 22.7. The van der Waals surface area contributed by atoms with E-state index in [9.17, 15) is 4.79 Å². The summed E-state index contributed by atoms with van der Waals surface area (Å²) in [7, 11) is 1.97. The summed E-state index contributed by atoms with van der Waals surface area (Å²) in [4.78, 5) is 27.5. The molecule has 1 fully saturated rings. The highest BCUT2D eigenvalue weighted by molar-refractivity contribution is 6.07. The van der Waals surface area contributed by atoms with Gasteiger partial charge in [0.1, 0.15) is 23.5 Å². The maximum absolute atomic E-state index is 12.3. The van der Waals surface area contributed by atoms with E-state index in [1.165, 1.54) is 6.33 Å². The molecule has 1 atom stereocenters. The summed E-state index contributed by atoms with van der Waals surface area (Å²) in [6, 6.07) is 13.6. The van der Waals surface area contributed by atoms with Gasteiger partial charge in [-0.25, -0.2) is 15.0 Å². The number of nitrogens with two attached hydrogens (primary N) is 1. The van der Waals surface area contributed by atoms with Crippen molar-refractivity contribution in [3.63, 3.8) is 0 Å². The lowest BCUT2D eigenvalue weighted by molar-refractivity contribution is -0.125. The summed E-state index contributed by atoms with van der Waals surface area (Å²) >= 11 is 0. The van der Waals surface area contributed by atoms with Crippen LogP contribution in [0.15, 0.2) is 73.3 Å². The van der Waals surface area contributed by atoms with Crippen molar-refractivity contribution < 1.29 is 9.53 Å². The summed E-state index contributed by atoms with van der Waals surface area (Å²) in [5, 5.41) is 5.49. The first-order chi connectivity index (χ1) is 19.4. The van der Waals surface area contributed by atoms with E-state index in [4.69, 9.17) is 15.6 Å². The zero-order valence-corrected chi connectivity index (χ0v) is 22.7. The molecule has 1 unspecified atom stereocenters. The van der Waals surface area contributed by atoms with Crippen molar-refractivity contribution >= 4 is 22.8 Å². The van der Waals surface area contributed by atoms with Crippen molar-refractivity contribution in [3.8, 4) is 34.0 Å². The zero-order chi connectivity index (χ0) is 27.8. The number of pyridine rings is 1. The quantitative estimate of drug-likeness (QED) is 0.307. The number of aromatic nitrogens is 6. The number of hydrogen-bond donors (Lipinski definition) is 1. The number of ether oxygens (including phenoxy) is 1. The highest BCUT2D eigenvalue weighted by Crippen LogP contribution is 2.42. The number of benzene rings is 1. The summed E-state index contributed by atoms with van der Waals surface area (Å²) in [6.45, 7) is 5.12. The number of rotatable bonds is 6. The van der Waals surface area contributed by atoms with Crippen LogP contribution < -0.4 is 10.5 Å². The number of anilines is 1. The van der Waals surface area contributed by atoms with E-state index in [0.29, 0.717) is 30.5 Å². The van der Waals surface area contributed by atoms with Crippen molar-refractivity contribution in [3.05, 3.63) is 79.0 Å². The second-order valence-electron chi connectivity index (χ2n) is 9.92. The first-order valence-electron chi connectivity index (χ1n) is 13.2. The smallest absolute Gasteiger partial charge is 0.246 e. The van der Waals surface area contributed by atoms with Crippen LogP contribution in [0.4, 0.5) is 5.82 Å². The number of amides is 1. The molecule has 5 aromatic rings. The topological polar surface area (TPSA) is 117 Å². The van der Waals surface area contributed by atoms with Gasteiger partial charge in [0.05, 0.1) is 23.3 Å². The molecule has 1 aromatic carbocycles. The van der Waals surface area contributed by atoms with Gasteiger partial charge in [0.2, 0.25) is 11.8 Å². The largest absolute Gasteiger partial charge is 0.439 e. The van der Waals surface area contributed by atoms with Gasteiger partial charge in [0.25, 0.3) is 0 Å². The van der Waals surface area contributed by atoms with Crippen molar-refractivity contribution in [2.45, 2.75) is 26.3 Å². The average molecular weight is 535 g/mol. The van der Waals surface area contributed by atoms with Crippen molar-refractivity contribution in [2.24, 2.45) is 7.05 Å². The molecule has 40 heavy (non-hydrogen) atoms. The minimum atomic E-state index is 0.0352. The summed E-state index contributed by atoms with van der Waals surface area (Å²) in [5.41, 5.74) is 11.8. The molecule has 10 heteroatoms. The number of allylic oxidation sites excluding steroid dienone is 1. The molecular formula is C30H30N8O2. The molecule has 202 valence electrons. The Hall–Kier alpha value is -4.99. The Morgan fingerprint density at radius 3 is 2.73 bits per heavy atom. The molecule has 4 aromatic heterocycles. The van der Waals surface area contributed by atoms with E-state index in [2.05, 4.69) is 15.0 Å². The standard InChI is InChI=1S/C30H30N8O2/c1-4-6-25(39)37-14-13-22(17-37)38-16-21(15-34-38)28-26(27-29(31)32-18-33-30(27)36(28)3)20-9-11-23(12-10-20)40-24-8-5-7-19(2)35-24/h4-12,15-16,18,22H,13-14,17H2,1-3H3,(H2,31,32,33)/b6-4+. The Morgan fingerprint density at radius 2 is 1.95 bits per heavy atom. The average Bonchev–Trinajstić information content (AvgIpc) is 3.68. The van der Waals surface area contributed by atoms with E-state index in [1.54, 1.807) is 12.2 Å². The van der Waals surface area contributed by atoms with Gasteiger partial charge in [-0.2, -0.15) is 5.10 Å². The first kappa shape index (κ1) is 25.3. The molecule has 1 amide bonds. The second kappa shape index (κ2) is 10.3. The van der Waals surface area contributed by atoms with Crippen molar-refractivity contribution in [1.29, 1.82) is 0 Å². The fourth-order valence-electron chi connectivity index (χ4n) is 5.35. The predicted molar refractivity (Wildman–Crippen MR) is 154 cm³/mol. The van der Waals surface area contributed by atoms with Crippen LogP contribution in [0.1, 0.15) is 25.1 Å². The Kier molecular flexibility index (Phi) is 6.51. The fraction of sp³-hybridized carbons (Fsp3) is 0.233. The highest BCUT2D eigenvalue weighted by atomic mass is 16.5. The van der Waals surface area contributed by atoms with E-state index < -0.39 is 0 Å². The van der Waals surface area contributed by atoms with Crippen LogP contribution >= 0.6 is 0 Å². The maximum Gasteiger partial charge on any atom is 0.246 e. The van der Waals surface area contributed by atoms with Gasteiger partial charge in [0.15, 0.2) is 0 Å². The summed E-state index contributed by atoms with van der Waals surface area (Å²) in [5.74, 6) is 1.67. The molecule has 10 nitrogen and oxygen atoms in total. The monoisotopic (exact) mass is 534 g/mol. The van der Waals surface area contributed by atoms with Crippen LogP contribution in [0.25, 0.3) is 33.4 Å². The van der Waals surface area contributed by atoms with E-state index in [-0.39, 0.29) is 11.9 Å². The SMILES string of the molecule is C/C=C/C(=O)N1CCC(n2cc(-c3c(-c4ccc(Oc5cccc(C)n5)cc4)c4c(N)ncnc4n3C)cn2)C1. The molecule has 0 spiro atoms. The van der Waals surface area contributed by atoms with E-state index in [1.807, 2.05) is 89.9 Å². The normalized spacial score (nSPS) is 15.4. The van der Waals surface area contributed by atoms with Gasteiger partial charge in [0, 0.05) is 49.2 Å². The Bertz CT molecular complexity index is 1730. The number of aryl methyl sites for hydroxylation is 2. The summed E-state index contributed by atoms with van der Waals surface area (Å²) < 4.78 is 9.96. The number of hydrogen-bond acceptors (Lipinski definition) is 7. The van der Waals surface area contributed by atoms with Gasteiger partial charge in [-0.1, -0.05) is 24.3 Å². The number of fused-ring (bicyclic) bond motifs is 1. The minimum absolute atomic E-state index is 0.0352. The molecule has 0 aliphatic carbocycles. The van der Waals surface area contributed by atoms with Crippen LogP contribution in [0.3, 0.4) is 0 Å².